The van der Waals surface area contributed by atoms with E-state index >= 15 is 0 Å². The summed E-state index contributed by atoms with van der Waals surface area (Å²) >= 11 is 0. The molecule has 2 rings (SSSR count). The summed E-state index contributed by atoms with van der Waals surface area (Å²) in [5, 5.41) is 14.5. The summed E-state index contributed by atoms with van der Waals surface area (Å²) in [4.78, 5) is 14.7. The van der Waals surface area contributed by atoms with Crippen LogP contribution in [-0.2, 0) is 9.53 Å². The summed E-state index contributed by atoms with van der Waals surface area (Å²) in [6, 6.07) is 0.631. The monoisotopic (exact) mass is 438 g/mol. The number of nitrogens with zero attached hydrogens (tertiary/aromatic N) is 1. The second kappa shape index (κ2) is 15.2. The van der Waals surface area contributed by atoms with Crippen molar-refractivity contribution in [2.75, 3.05) is 26.2 Å². The van der Waals surface area contributed by atoms with Crippen molar-refractivity contribution in [1.29, 1.82) is 0 Å². The molecule has 1 unspecified atom stereocenters. The van der Waals surface area contributed by atoms with Crippen molar-refractivity contribution in [2.24, 2.45) is 0 Å². The van der Waals surface area contributed by atoms with Crippen molar-refractivity contribution in [2.45, 2.75) is 134 Å². The molecule has 0 bridgehead atoms. The predicted octanol–water partition coefficient (Wildman–Crippen LogP) is 5.20. The predicted molar refractivity (Wildman–Crippen MR) is 128 cm³/mol. The molecule has 0 aromatic rings. The van der Waals surface area contributed by atoms with Crippen LogP contribution in [0.15, 0.2) is 0 Å². The Labute approximate surface area is 191 Å². The summed E-state index contributed by atoms with van der Waals surface area (Å²) in [6.45, 7) is 7.95. The zero-order chi connectivity index (χ0) is 22.4. The third kappa shape index (κ3) is 11.2. The molecule has 0 aromatic heterocycles. The topological polar surface area (TPSA) is 61.8 Å². The third-order valence-electron chi connectivity index (χ3n) is 7.25. The molecule has 1 heterocycles. The van der Waals surface area contributed by atoms with Crippen LogP contribution in [0.1, 0.15) is 117 Å². The number of aliphatic hydroxyl groups is 1. The Balaban J connectivity index is 1.65. The van der Waals surface area contributed by atoms with Gasteiger partial charge in [0.25, 0.3) is 0 Å². The highest BCUT2D eigenvalue weighted by molar-refractivity contribution is 5.69. The highest BCUT2D eigenvalue weighted by atomic mass is 16.5. The van der Waals surface area contributed by atoms with E-state index in [1.54, 1.807) is 0 Å². The maximum atomic E-state index is 12.1. The Hall–Kier alpha value is -0.650. The molecule has 5 nitrogen and oxygen atoms in total. The van der Waals surface area contributed by atoms with E-state index in [2.05, 4.69) is 17.1 Å². The smallest absolute Gasteiger partial charge is 0.306 e. The molecule has 182 valence electrons. The second-order valence-electron chi connectivity index (χ2n) is 10.2. The van der Waals surface area contributed by atoms with E-state index in [0.717, 1.165) is 71.1 Å². The summed E-state index contributed by atoms with van der Waals surface area (Å²) < 4.78 is 5.58. The molecule has 0 amide bonds. The van der Waals surface area contributed by atoms with E-state index in [-0.39, 0.29) is 12.1 Å². The summed E-state index contributed by atoms with van der Waals surface area (Å²) in [6.07, 6.45) is 17.8. The minimum absolute atomic E-state index is 0.0313. The van der Waals surface area contributed by atoms with Crippen molar-refractivity contribution in [1.82, 2.24) is 10.2 Å². The molecule has 0 aromatic carbocycles. The number of rotatable bonds is 15. The SMILES string of the molecule is CCCCCCC(C)OC(=O)CCCCCN(CC1(O)CCNCC1)C1CCCCC1. The van der Waals surface area contributed by atoms with Crippen molar-refractivity contribution in [3.05, 3.63) is 0 Å². The minimum Gasteiger partial charge on any atom is -0.463 e. The highest BCUT2D eigenvalue weighted by Gasteiger charge is 2.33. The molecule has 0 spiro atoms. The van der Waals surface area contributed by atoms with Gasteiger partial charge in [-0.25, -0.2) is 0 Å². The molecule has 2 fully saturated rings. The average Bonchev–Trinajstić information content (AvgIpc) is 2.76. The van der Waals surface area contributed by atoms with Gasteiger partial charge in [-0.05, 0) is 77.9 Å². The lowest BCUT2D eigenvalue weighted by Gasteiger charge is -2.42. The maximum Gasteiger partial charge on any atom is 0.306 e. The molecule has 0 radical (unpaired) electrons. The summed E-state index contributed by atoms with van der Waals surface area (Å²) in [5.41, 5.74) is -0.528. The van der Waals surface area contributed by atoms with E-state index in [4.69, 9.17) is 4.74 Å². The van der Waals surface area contributed by atoms with Gasteiger partial charge in [-0.15, -0.1) is 0 Å². The summed E-state index contributed by atoms with van der Waals surface area (Å²) in [7, 11) is 0. The van der Waals surface area contributed by atoms with Crippen molar-refractivity contribution < 1.29 is 14.6 Å². The van der Waals surface area contributed by atoms with Gasteiger partial charge in [-0.1, -0.05) is 51.9 Å². The first kappa shape index (κ1) is 26.6. The number of esters is 1. The summed E-state index contributed by atoms with van der Waals surface area (Å²) in [5.74, 6) is -0.0313. The van der Waals surface area contributed by atoms with Crippen molar-refractivity contribution >= 4 is 5.97 Å². The standard InChI is InChI=1S/C26H50N2O3/c1-3-4-5-8-13-23(2)31-25(29)16-11-7-12-21-28(24-14-9-6-10-15-24)22-26(30)17-19-27-20-18-26/h23-24,27,30H,3-22H2,1-2H3. The van der Waals surface area contributed by atoms with Crippen LogP contribution in [0.25, 0.3) is 0 Å². The lowest BCUT2D eigenvalue weighted by molar-refractivity contribution is -0.148. The Kier molecular flexibility index (Phi) is 13.1. The van der Waals surface area contributed by atoms with Gasteiger partial charge in [0.2, 0.25) is 0 Å². The first-order chi connectivity index (χ1) is 15.0. The molecule has 1 atom stereocenters. The minimum atomic E-state index is -0.528. The molecule has 31 heavy (non-hydrogen) atoms. The maximum absolute atomic E-state index is 12.1. The van der Waals surface area contributed by atoms with Crippen LogP contribution in [0.3, 0.4) is 0 Å². The zero-order valence-electron chi connectivity index (χ0n) is 20.5. The Morgan fingerprint density at radius 3 is 2.48 bits per heavy atom. The quantitative estimate of drug-likeness (QED) is 0.272. The molecule has 1 aliphatic heterocycles. The van der Waals surface area contributed by atoms with Gasteiger partial charge in [0.05, 0.1) is 11.7 Å². The van der Waals surface area contributed by atoms with E-state index in [9.17, 15) is 9.90 Å². The van der Waals surface area contributed by atoms with Gasteiger partial charge in [-0.3, -0.25) is 9.69 Å². The van der Waals surface area contributed by atoms with E-state index in [0.29, 0.717) is 12.5 Å². The largest absolute Gasteiger partial charge is 0.463 e. The van der Waals surface area contributed by atoms with E-state index in [1.165, 1.54) is 51.4 Å². The molecule has 1 aliphatic carbocycles. The molecule has 5 heteroatoms. The third-order valence-corrected chi connectivity index (χ3v) is 7.25. The van der Waals surface area contributed by atoms with Crippen LogP contribution in [0.4, 0.5) is 0 Å². The molecular formula is C26H50N2O3. The fraction of sp³-hybridized carbons (Fsp3) is 0.962. The van der Waals surface area contributed by atoms with Crippen LogP contribution < -0.4 is 5.32 Å². The lowest BCUT2D eigenvalue weighted by atomic mass is 9.88. The van der Waals surface area contributed by atoms with E-state index in [1.807, 2.05) is 6.92 Å². The first-order valence-electron chi connectivity index (χ1n) is 13.4. The molecule has 1 saturated carbocycles. The van der Waals surface area contributed by atoms with Crippen LogP contribution in [0.2, 0.25) is 0 Å². The van der Waals surface area contributed by atoms with Gasteiger partial charge in [0, 0.05) is 19.0 Å². The number of carbonyl (C=O) groups is 1. The number of nitrogens with one attached hydrogen (secondary N) is 1. The van der Waals surface area contributed by atoms with Gasteiger partial charge >= 0.3 is 5.97 Å². The normalized spacial score (nSPS) is 20.6. The van der Waals surface area contributed by atoms with Crippen LogP contribution in [-0.4, -0.2) is 59.9 Å². The fourth-order valence-electron chi connectivity index (χ4n) is 5.23. The number of hydrogen-bond acceptors (Lipinski definition) is 5. The lowest BCUT2D eigenvalue weighted by Crippen LogP contribution is -2.52. The molecule has 1 saturated heterocycles. The molecule has 2 aliphatic rings. The van der Waals surface area contributed by atoms with Gasteiger partial charge < -0.3 is 15.2 Å². The Morgan fingerprint density at radius 1 is 1.06 bits per heavy atom. The zero-order valence-corrected chi connectivity index (χ0v) is 20.5. The Morgan fingerprint density at radius 2 is 1.77 bits per heavy atom. The van der Waals surface area contributed by atoms with Gasteiger partial charge in [0.1, 0.15) is 0 Å². The fourth-order valence-corrected chi connectivity index (χ4v) is 5.23. The first-order valence-corrected chi connectivity index (χ1v) is 13.4. The number of ether oxygens (including phenoxy) is 1. The number of carbonyl (C=O) groups excluding carboxylic acids is 1. The van der Waals surface area contributed by atoms with Crippen molar-refractivity contribution in [3.63, 3.8) is 0 Å². The van der Waals surface area contributed by atoms with E-state index < -0.39 is 5.60 Å². The van der Waals surface area contributed by atoms with Crippen molar-refractivity contribution in [3.8, 4) is 0 Å². The second-order valence-corrected chi connectivity index (χ2v) is 10.2. The van der Waals surface area contributed by atoms with Crippen LogP contribution in [0.5, 0.6) is 0 Å². The van der Waals surface area contributed by atoms with Gasteiger partial charge in [0.15, 0.2) is 0 Å². The highest BCUT2D eigenvalue weighted by Crippen LogP contribution is 2.27. The Bertz CT molecular complexity index is 473. The number of piperidine rings is 1. The number of hydrogen-bond donors (Lipinski definition) is 2. The molecule has 2 N–H and O–H groups in total. The average molecular weight is 439 g/mol. The van der Waals surface area contributed by atoms with Gasteiger partial charge in [-0.2, -0.15) is 0 Å². The number of unbranched alkanes of at least 4 members (excludes halogenated alkanes) is 5. The molecular weight excluding hydrogens is 388 g/mol. The van der Waals surface area contributed by atoms with Crippen LogP contribution >= 0.6 is 0 Å². The van der Waals surface area contributed by atoms with Crippen LogP contribution in [0, 0.1) is 0 Å².